The van der Waals surface area contributed by atoms with E-state index in [9.17, 15) is 24.3 Å². The molecule has 1 aliphatic rings. The topological polar surface area (TPSA) is 174 Å². The van der Waals surface area contributed by atoms with Crippen LogP contribution in [0.15, 0.2) is 95.9 Å². The monoisotopic (exact) mass is 996 g/mol. The predicted octanol–water partition coefficient (Wildman–Crippen LogP) is 12.1. The van der Waals surface area contributed by atoms with Crippen molar-refractivity contribution in [1.29, 1.82) is 0 Å². The molecule has 4 aromatic rings. The number of nitrogens with zero attached hydrogens (tertiary/aromatic N) is 2. The Morgan fingerprint density at radius 3 is 1.60 bits per heavy atom. The fourth-order valence-electron chi connectivity index (χ4n) is 9.52. The maximum atomic E-state index is 13.7. The molecule has 4 atom stereocenters. The maximum absolute atomic E-state index is 13.7. The minimum Gasteiger partial charge on any atom is -0.497 e. The summed E-state index contributed by atoms with van der Waals surface area (Å²) in [6.45, 7) is 3.68. The quantitative estimate of drug-likeness (QED) is 0.0251. The molecule has 3 aromatic carbocycles. The van der Waals surface area contributed by atoms with E-state index in [1.54, 1.807) is 14.2 Å². The van der Waals surface area contributed by atoms with Gasteiger partial charge in [0, 0.05) is 19.7 Å². The van der Waals surface area contributed by atoms with Crippen LogP contribution in [0.1, 0.15) is 178 Å². The molecule has 5 rings (SSSR count). The van der Waals surface area contributed by atoms with E-state index in [-0.39, 0.29) is 19.0 Å². The summed E-state index contributed by atoms with van der Waals surface area (Å²) in [5.74, 6) is -0.955. The van der Waals surface area contributed by atoms with Crippen LogP contribution in [-0.4, -0.2) is 78.2 Å². The Hall–Kier alpha value is -5.57. The lowest BCUT2D eigenvalue weighted by molar-refractivity contribution is -0.162. The number of methoxy groups -OCH3 is 2. The van der Waals surface area contributed by atoms with Gasteiger partial charge in [-0.3, -0.25) is 19.0 Å². The summed E-state index contributed by atoms with van der Waals surface area (Å²) >= 11 is 0. The lowest BCUT2D eigenvalue weighted by atomic mass is 9.80. The minimum atomic E-state index is -1.28. The molecular weight excluding hydrogens is 915 g/mol. The van der Waals surface area contributed by atoms with Crippen molar-refractivity contribution in [1.82, 2.24) is 9.55 Å². The van der Waals surface area contributed by atoms with Crippen LogP contribution in [0.3, 0.4) is 0 Å². The number of unbranched alkanes of at least 4 members (excludes halogenated alkanes) is 19. The highest BCUT2D eigenvalue weighted by Gasteiger charge is 2.51. The standard InChI is InChI=1S/C58H81N3O11/c1-5-6-7-8-9-10-11-12-13-14-15-16-17-18-19-20-21-22-23-27-42-69-55-54(72-53(65)39-38-52(63)64)50(71-56(55)61-41-40-51(59-44(2)62)60-57(61)66)43-70-58(45-28-25-24-26-29-45,46-30-34-48(67-3)35-31-46)47-32-36-49(68-4)37-33-47/h24-26,28-37,40-41,50,54-56H,5-23,27,38-39,42-43H2,1-4H3,(H,63,64)(H,59,60,62,66)/t50-,54?,55+,56-/m1/s1. The van der Waals surface area contributed by atoms with Gasteiger partial charge in [0.15, 0.2) is 12.3 Å². The largest absolute Gasteiger partial charge is 0.497 e. The number of carboxylic acid groups (broad SMARTS) is 1. The second-order valence-electron chi connectivity index (χ2n) is 19.0. The van der Waals surface area contributed by atoms with Crippen molar-refractivity contribution < 1.29 is 47.9 Å². The van der Waals surface area contributed by atoms with Crippen molar-refractivity contribution in [2.24, 2.45) is 0 Å². The van der Waals surface area contributed by atoms with E-state index in [1.165, 1.54) is 126 Å². The maximum Gasteiger partial charge on any atom is 0.351 e. The molecule has 72 heavy (non-hydrogen) atoms. The van der Waals surface area contributed by atoms with Gasteiger partial charge in [0.2, 0.25) is 5.91 Å². The van der Waals surface area contributed by atoms with E-state index >= 15 is 0 Å². The van der Waals surface area contributed by atoms with Crippen molar-refractivity contribution in [3.8, 4) is 11.5 Å². The summed E-state index contributed by atoms with van der Waals surface area (Å²) in [5.41, 5.74) is 0.286. The van der Waals surface area contributed by atoms with Gasteiger partial charge in [-0.15, -0.1) is 0 Å². The molecule has 0 saturated carbocycles. The van der Waals surface area contributed by atoms with Crippen molar-refractivity contribution in [3.05, 3.63) is 118 Å². The first-order chi connectivity index (χ1) is 35.1. The molecule has 1 aliphatic heterocycles. The highest BCUT2D eigenvalue weighted by Crippen LogP contribution is 2.43. The third-order valence-electron chi connectivity index (χ3n) is 13.4. The van der Waals surface area contributed by atoms with E-state index in [0.29, 0.717) is 17.9 Å². The number of esters is 1. The smallest absolute Gasteiger partial charge is 0.351 e. The summed E-state index contributed by atoms with van der Waals surface area (Å²) < 4.78 is 39.0. The predicted molar refractivity (Wildman–Crippen MR) is 279 cm³/mol. The average Bonchev–Trinajstić information content (AvgIpc) is 3.72. The fourth-order valence-corrected chi connectivity index (χ4v) is 9.52. The van der Waals surface area contributed by atoms with Gasteiger partial charge in [0.1, 0.15) is 35.1 Å². The Kier molecular flexibility index (Phi) is 25.3. The number of nitrogens with one attached hydrogen (secondary N) is 1. The zero-order valence-electron chi connectivity index (χ0n) is 43.4. The lowest BCUT2D eigenvalue weighted by Crippen LogP contribution is -2.43. The first kappa shape index (κ1) is 57.3. The summed E-state index contributed by atoms with van der Waals surface area (Å²) in [5, 5.41) is 12.0. The minimum absolute atomic E-state index is 0.0618. The molecule has 14 heteroatoms. The fraction of sp³-hybridized carbons (Fsp3) is 0.569. The SMILES string of the molecule is CCCCCCCCCCCCCCCCCCCCCCO[C@H]1C(OC(=O)CCC(=O)O)[C@@H](COC(c2ccccc2)(c2ccc(OC)cc2)c2ccc(OC)cc2)O[C@H]1n1ccc(NC(C)=O)nc1=O. The van der Waals surface area contributed by atoms with Crippen LogP contribution in [0, 0.1) is 0 Å². The van der Waals surface area contributed by atoms with Crippen LogP contribution in [0.25, 0.3) is 0 Å². The number of ether oxygens (including phenoxy) is 6. The Bertz CT molecular complexity index is 2190. The Morgan fingerprint density at radius 1 is 0.653 bits per heavy atom. The van der Waals surface area contributed by atoms with Gasteiger partial charge in [-0.1, -0.05) is 184 Å². The first-order valence-corrected chi connectivity index (χ1v) is 26.6. The van der Waals surface area contributed by atoms with Gasteiger partial charge in [-0.05, 0) is 53.4 Å². The summed E-state index contributed by atoms with van der Waals surface area (Å²) in [6.07, 6.45) is 21.5. The lowest BCUT2D eigenvalue weighted by Gasteiger charge is -2.37. The second-order valence-corrected chi connectivity index (χ2v) is 19.0. The number of carbonyl (C=O) groups excluding carboxylic acids is 2. The number of benzene rings is 3. The number of amides is 1. The molecule has 0 spiro atoms. The number of aliphatic carboxylic acids is 1. The second kappa shape index (κ2) is 31.8. The van der Waals surface area contributed by atoms with Crippen molar-refractivity contribution in [2.75, 3.05) is 32.8 Å². The third kappa shape index (κ3) is 18.2. The number of hydrogen-bond donors (Lipinski definition) is 2. The number of carbonyl (C=O) groups is 3. The molecule has 1 saturated heterocycles. The first-order valence-electron chi connectivity index (χ1n) is 26.6. The molecule has 1 fully saturated rings. The van der Waals surface area contributed by atoms with Gasteiger partial charge in [0.25, 0.3) is 0 Å². The molecule has 1 unspecified atom stereocenters. The zero-order valence-corrected chi connectivity index (χ0v) is 43.4. The Labute approximate surface area is 427 Å². The molecule has 0 aliphatic carbocycles. The number of aromatic nitrogens is 2. The van der Waals surface area contributed by atoms with Crippen LogP contribution in [-0.2, 0) is 38.9 Å². The molecular formula is C58H81N3O11. The highest BCUT2D eigenvalue weighted by molar-refractivity contribution is 5.87. The van der Waals surface area contributed by atoms with Gasteiger partial charge >= 0.3 is 17.6 Å². The van der Waals surface area contributed by atoms with Crippen LogP contribution < -0.4 is 20.5 Å². The van der Waals surface area contributed by atoms with E-state index in [1.807, 2.05) is 78.9 Å². The molecule has 2 heterocycles. The van der Waals surface area contributed by atoms with Crippen molar-refractivity contribution >= 4 is 23.7 Å². The summed E-state index contributed by atoms with van der Waals surface area (Å²) in [7, 11) is 3.20. The van der Waals surface area contributed by atoms with Crippen molar-refractivity contribution in [3.63, 3.8) is 0 Å². The normalized spacial score (nSPS) is 16.6. The van der Waals surface area contributed by atoms with Gasteiger partial charge in [0.05, 0.1) is 33.7 Å². The molecule has 1 amide bonds. The number of hydrogen-bond acceptors (Lipinski definition) is 11. The Balaban J connectivity index is 1.29. The van der Waals surface area contributed by atoms with E-state index < -0.39 is 66.5 Å². The summed E-state index contributed by atoms with van der Waals surface area (Å²) in [4.78, 5) is 54.8. The number of anilines is 1. The van der Waals surface area contributed by atoms with E-state index in [2.05, 4.69) is 17.2 Å². The van der Waals surface area contributed by atoms with E-state index in [0.717, 1.165) is 36.0 Å². The number of carboxylic acids is 1. The molecule has 394 valence electrons. The van der Waals surface area contributed by atoms with Gasteiger partial charge < -0.3 is 38.8 Å². The van der Waals surface area contributed by atoms with Gasteiger partial charge in [-0.25, -0.2) is 4.79 Å². The zero-order chi connectivity index (χ0) is 51.4. The molecule has 0 radical (unpaired) electrons. The molecule has 0 bridgehead atoms. The van der Waals surface area contributed by atoms with Crippen LogP contribution in [0.4, 0.5) is 5.82 Å². The Morgan fingerprint density at radius 2 is 1.14 bits per heavy atom. The van der Waals surface area contributed by atoms with E-state index in [4.69, 9.17) is 28.4 Å². The van der Waals surface area contributed by atoms with Gasteiger partial charge in [-0.2, -0.15) is 4.98 Å². The third-order valence-corrected chi connectivity index (χ3v) is 13.4. The highest BCUT2D eigenvalue weighted by atomic mass is 16.6. The van der Waals surface area contributed by atoms with Crippen LogP contribution in [0.5, 0.6) is 11.5 Å². The molecule has 1 aromatic heterocycles. The summed E-state index contributed by atoms with van der Waals surface area (Å²) in [6, 6.07) is 26.3. The molecule has 2 N–H and O–H groups in total. The molecule has 14 nitrogen and oxygen atoms in total. The average molecular weight is 996 g/mol. The van der Waals surface area contributed by atoms with Crippen LogP contribution >= 0.6 is 0 Å². The van der Waals surface area contributed by atoms with Crippen LogP contribution in [0.2, 0.25) is 0 Å². The van der Waals surface area contributed by atoms with Crippen molar-refractivity contribution in [2.45, 2.75) is 185 Å². The number of rotatable bonds is 36.